The molecule has 2 aromatic rings. The molecule has 0 N–H and O–H groups in total. The predicted octanol–water partition coefficient (Wildman–Crippen LogP) is 2.19. The normalized spacial score (nSPS) is 10.9. The third-order valence-electron chi connectivity index (χ3n) is 2.13. The van der Waals surface area contributed by atoms with Gasteiger partial charge in [-0.2, -0.15) is 5.10 Å². The smallest absolute Gasteiger partial charge is 0.153 e. The molecule has 0 saturated carbocycles. The first-order chi connectivity index (χ1) is 7.75. The lowest BCUT2D eigenvalue weighted by Gasteiger charge is -2.08. The van der Waals surface area contributed by atoms with Crippen LogP contribution in [-0.2, 0) is 11.3 Å². The van der Waals surface area contributed by atoms with Crippen LogP contribution in [-0.4, -0.2) is 20.9 Å². The van der Waals surface area contributed by atoms with Crippen molar-refractivity contribution < 1.29 is 4.74 Å². The SMILES string of the molecule is CC(C)OCc1ccnc(-n2cccn2)c1. The van der Waals surface area contributed by atoms with Crippen molar-refractivity contribution in [3.63, 3.8) is 0 Å². The van der Waals surface area contributed by atoms with Gasteiger partial charge in [-0.25, -0.2) is 9.67 Å². The molecule has 0 saturated heterocycles. The minimum atomic E-state index is 0.237. The number of hydrogen-bond donors (Lipinski definition) is 0. The van der Waals surface area contributed by atoms with Gasteiger partial charge in [-0.3, -0.25) is 0 Å². The molecule has 16 heavy (non-hydrogen) atoms. The zero-order chi connectivity index (χ0) is 11.4. The van der Waals surface area contributed by atoms with Crippen molar-refractivity contribution in [2.75, 3.05) is 0 Å². The van der Waals surface area contributed by atoms with Crippen LogP contribution in [0.25, 0.3) is 5.82 Å². The van der Waals surface area contributed by atoms with Gasteiger partial charge >= 0.3 is 0 Å². The van der Waals surface area contributed by atoms with E-state index < -0.39 is 0 Å². The Kier molecular flexibility index (Phi) is 3.31. The summed E-state index contributed by atoms with van der Waals surface area (Å²) in [6.45, 7) is 4.65. The fourth-order valence-corrected chi connectivity index (χ4v) is 1.34. The molecular weight excluding hydrogens is 202 g/mol. The first kappa shape index (κ1) is 10.8. The number of aromatic nitrogens is 3. The maximum absolute atomic E-state index is 5.54. The second kappa shape index (κ2) is 4.90. The summed E-state index contributed by atoms with van der Waals surface area (Å²) in [7, 11) is 0. The summed E-state index contributed by atoms with van der Waals surface area (Å²) in [5, 5.41) is 4.14. The van der Waals surface area contributed by atoms with Gasteiger partial charge in [0.15, 0.2) is 5.82 Å². The average molecular weight is 217 g/mol. The fourth-order valence-electron chi connectivity index (χ4n) is 1.34. The number of ether oxygens (including phenoxy) is 1. The molecule has 0 bridgehead atoms. The predicted molar refractivity (Wildman–Crippen MR) is 61.3 cm³/mol. The van der Waals surface area contributed by atoms with E-state index in [0.29, 0.717) is 6.61 Å². The molecule has 0 atom stereocenters. The molecule has 0 radical (unpaired) electrons. The van der Waals surface area contributed by atoms with Gasteiger partial charge in [0.2, 0.25) is 0 Å². The Balaban J connectivity index is 2.14. The van der Waals surface area contributed by atoms with Crippen LogP contribution in [0.2, 0.25) is 0 Å². The summed E-state index contributed by atoms with van der Waals surface area (Å²) in [5.74, 6) is 0.815. The first-order valence-corrected chi connectivity index (χ1v) is 5.32. The summed E-state index contributed by atoms with van der Waals surface area (Å²) in [4.78, 5) is 4.25. The second-order valence-electron chi connectivity index (χ2n) is 3.83. The van der Waals surface area contributed by atoms with Crippen molar-refractivity contribution in [3.05, 3.63) is 42.4 Å². The van der Waals surface area contributed by atoms with Gasteiger partial charge in [0.25, 0.3) is 0 Å². The highest BCUT2D eigenvalue weighted by atomic mass is 16.5. The molecule has 0 aliphatic heterocycles. The molecule has 0 unspecified atom stereocenters. The van der Waals surface area contributed by atoms with Crippen LogP contribution in [0.15, 0.2) is 36.8 Å². The number of nitrogens with zero attached hydrogens (tertiary/aromatic N) is 3. The highest BCUT2D eigenvalue weighted by Crippen LogP contribution is 2.08. The maximum Gasteiger partial charge on any atom is 0.153 e. The van der Waals surface area contributed by atoms with Gasteiger partial charge in [0.05, 0.1) is 12.7 Å². The molecule has 84 valence electrons. The van der Waals surface area contributed by atoms with Gasteiger partial charge in [0.1, 0.15) is 0 Å². The molecule has 0 aromatic carbocycles. The summed E-state index contributed by atoms with van der Waals surface area (Å²) in [6, 6.07) is 5.81. The molecule has 0 aliphatic carbocycles. The van der Waals surface area contributed by atoms with Gasteiger partial charge in [-0.15, -0.1) is 0 Å². The lowest BCUT2D eigenvalue weighted by atomic mass is 10.3. The summed E-state index contributed by atoms with van der Waals surface area (Å²) in [5.41, 5.74) is 1.11. The zero-order valence-electron chi connectivity index (χ0n) is 9.50. The number of pyridine rings is 1. The monoisotopic (exact) mass is 217 g/mol. The molecule has 4 heteroatoms. The van der Waals surface area contributed by atoms with Crippen LogP contribution in [0.1, 0.15) is 19.4 Å². The standard InChI is InChI=1S/C12H15N3O/c1-10(2)16-9-11-4-6-13-12(8-11)15-7-3-5-14-15/h3-8,10H,9H2,1-2H3. The molecule has 0 amide bonds. The van der Waals surface area contributed by atoms with E-state index in [0.717, 1.165) is 11.4 Å². The molecule has 2 aromatic heterocycles. The summed E-state index contributed by atoms with van der Waals surface area (Å²) < 4.78 is 7.28. The summed E-state index contributed by atoms with van der Waals surface area (Å²) in [6.07, 6.45) is 5.62. The molecule has 0 aliphatic rings. The largest absolute Gasteiger partial charge is 0.374 e. The van der Waals surface area contributed by atoms with E-state index in [1.807, 2.05) is 38.2 Å². The minimum Gasteiger partial charge on any atom is -0.374 e. The van der Waals surface area contributed by atoms with E-state index in [-0.39, 0.29) is 6.10 Å². The lowest BCUT2D eigenvalue weighted by molar-refractivity contribution is 0.0656. The topological polar surface area (TPSA) is 39.9 Å². The molecule has 0 spiro atoms. The second-order valence-corrected chi connectivity index (χ2v) is 3.83. The van der Waals surface area contributed by atoms with E-state index in [4.69, 9.17) is 4.74 Å². The van der Waals surface area contributed by atoms with Crippen LogP contribution >= 0.6 is 0 Å². The van der Waals surface area contributed by atoms with Crippen molar-refractivity contribution in [2.24, 2.45) is 0 Å². The Morgan fingerprint density at radius 1 is 1.38 bits per heavy atom. The van der Waals surface area contributed by atoms with Crippen LogP contribution in [0.3, 0.4) is 0 Å². The number of rotatable bonds is 4. The van der Waals surface area contributed by atoms with Gasteiger partial charge in [-0.1, -0.05) is 0 Å². The van der Waals surface area contributed by atoms with E-state index in [2.05, 4.69) is 10.1 Å². The quantitative estimate of drug-likeness (QED) is 0.788. The Bertz CT molecular complexity index is 437. The van der Waals surface area contributed by atoms with Gasteiger partial charge in [0, 0.05) is 18.6 Å². The third kappa shape index (κ3) is 2.67. The van der Waals surface area contributed by atoms with Crippen molar-refractivity contribution >= 4 is 0 Å². The number of hydrogen-bond acceptors (Lipinski definition) is 3. The fraction of sp³-hybridized carbons (Fsp3) is 0.333. The molecule has 0 fully saturated rings. The highest BCUT2D eigenvalue weighted by molar-refractivity contribution is 5.26. The van der Waals surface area contributed by atoms with E-state index in [1.165, 1.54) is 0 Å². The van der Waals surface area contributed by atoms with Crippen LogP contribution in [0, 0.1) is 0 Å². The molecule has 2 rings (SSSR count). The van der Waals surface area contributed by atoms with E-state index in [1.54, 1.807) is 17.1 Å². The molecule has 2 heterocycles. The third-order valence-corrected chi connectivity index (χ3v) is 2.13. The molecule has 4 nitrogen and oxygen atoms in total. The maximum atomic E-state index is 5.54. The first-order valence-electron chi connectivity index (χ1n) is 5.32. The van der Waals surface area contributed by atoms with Gasteiger partial charge in [-0.05, 0) is 37.6 Å². The van der Waals surface area contributed by atoms with Crippen LogP contribution < -0.4 is 0 Å². The van der Waals surface area contributed by atoms with Crippen LogP contribution in [0.5, 0.6) is 0 Å². The average Bonchev–Trinajstić information content (AvgIpc) is 2.80. The van der Waals surface area contributed by atoms with Crippen molar-refractivity contribution in [2.45, 2.75) is 26.6 Å². The van der Waals surface area contributed by atoms with Gasteiger partial charge < -0.3 is 4.74 Å². The minimum absolute atomic E-state index is 0.237. The van der Waals surface area contributed by atoms with Crippen molar-refractivity contribution in [3.8, 4) is 5.82 Å². The highest BCUT2D eigenvalue weighted by Gasteiger charge is 2.01. The Morgan fingerprint density at radius 2 is 2.25 bits per heavy atom. The van der Waals surface area contributed by atoms with Crippen molar-refractivity contribution in [1.82, 2.24) is 14.8 Å². The Labute approximate surface area is 94.9 Å². The van der Waals surface area contributed by atoms with E-state index in [9.17, 15) is 0 Å². The molecular formula is C12H15N3O. The van der Waals surface area contributed by atoms with E-state index >= 15 is 0 Å². The van der Waals surface area contributed by atoms with Crippen LogP contribution in [0.4, 0.5) is 0 Å². The Hall–Kier alpha value is -1.68. The summed E-state index contributed by atoms with van der Waals surface area (Å²) >= 11 is 0. The Morgan fingerprint density at radius 3 is 2.94 bits per heavy atom. The van der Waals surface area contributed by atoms with Crippen molar-refractivity contribution in [1.29, 1.82) is 0 Å². The zero-order valence-corrected chi connectivity index (χ0v) is 9.50. The lowest BCUT2D eigenvalue weighted by Crippen LogP contribution is -2.04.